The van der Waals surface area contributed by atoms with E-state index in [0.29, 0.717) is 12.2 Å². The third-order valence-electron chi connectivity index (χ3n) is 5.69. The van der Waals surface area contributed by atoms with Gasteiger partial charge < -0.3 is 9.88 Å². The summed E-state index contributed by atoms with van der Waals surface area (Å²) in [6.07, 6.45) is 2.47. The minimum absolute atomic E-state index is 0.243. The van der Waals surface area contributed by atoms with E-state index in [0.717, 1.165) is 44.8 Å². The predicted octanol–water partition coefficient (Wildman–Crippen LogP) is 5.81. The zero-order valence-electron chi connectivity index (χ0n) is 17.9. The third kappa shape index (κ3) is 3.83. The summed E-state index contributed by atoms with van der Waals surface area (Å²) >= 11 is 0. The van der Waals surface area contributed by atoms with Crippen LogP contribution in [0.4, 0.5) is 15.9 Å². The number of aryl methyl sites for hydroxylation is 1. The SMILES string of the molecule is Cc1ncc(-c2cccc(Nc3nnc(Cc4ccc(F)cc4)c4ccccc34)c2)n1C. The largest absolute Gasteiger partial charge is 0.338 e. The van der Waals surface area contributed by atoms with Crippen LogP contribution in [0.5, 0.6) is 0 Å². The molecule has 5 aromatic rings. The number of benzene rings is 3. The average Bonchev–Trinajstić information content (AvgIpc) is 3.15. The fourth-order valence-corrected chi connectivity index (χ4v) is 3.84. The Morgan fingerprint density at radius 2 is 1.69 bits per heavy atom. The van der Waals surface area contributed by atoms with E-state index in [1.807, 2.05) is 56.6 Å². The number of rotatable bonds is 5. The molecule has 0 saturated carbocycles. The van der Waals surface area contributed by atoms with Crippen molar-refractivity contribution in [3.05, 3.63) is 102 Å². The van der Waals surface area contributed by atoms with E-state index in [9.17, 15) is 4.39 Å². The molecule has 0 saturated heterocycles. The molecule has 0 atom stereocenters. The minimum atomic E-state index is -0.243. The topological polar surface area (TPSA) is 55.6 Å². The Kier molecular flexibility index (Phi) is 5.11. The highest BCUT2D eigenvalue weighted by Gasteiger charge is 2.11. The predicted molar refractivity (Wildman–Crippen MR) is 125 cm³/mol. The summed E-state index contributed by atoms with van der Waals surface area (Å²) in [6, 6.07) is 22.7. The lowest BCUT2D eigenvalue weighted by atomic mass is 10.0. The van der Waals surface area contributed by atoms with Crippen LogP contribution in [0.1, 0.15) is 17.1 Å². The van der Waals surface area contributed by atoms with Gasteiger partial charge in [-0.2, -0.15) is 5.10 Å². The van der Waals surface area contributed by atoms with Gasteiger partial charge in [-0.05, 0) is 36.8 Å². The second-order valence-electron chi connectivity index (χ2n) is 7.80. The first-order valence-electron chi connectivity index (χ1n) is 10.4. The summed E-state index contributed by atoms with van der Waals surface area (Å²) in [7, 11) is 2.01. The number of aromatic nitrogens is 4. The number of halogens is 1. The summed E-state index contributed by atoms with van der Waals surface area (Å²) in [5.41, 5.74) is 4.90. The van der Waals surface area contributed by atoms with Crippen LogP contribution in [0.15, 0.2) is 79.0 Å². The summed E-state index contributed by atoms with van der Waals surface area (Å²) in [5, 5.41) is 14.4. The van der Waals surface area contributed by atoms with Crippen molar-refractivity contribution in [2.24, 2.45) is 7.05 Å². The number of fused-ring (bicyclic) bond motifs is 1. The summed E-state index contributed by atoms with van der Waals surface area (Å²) in [5.74, 6) is 1.42. The smallest absolute Gasteiger partial charge is 0.160 e. The van der Waals surface area contributed by atoms with Crippen LogP contribution >= 0.6 is 0 Å². The number of nitrogens with zero attached hydrogens (tertiary/aromatic N) is 4. The molecular formula is C26H22FN5. The maximum atomic E-state index is 13.3. The standard InChI is InChI=1S/C26H22FN5/c1-17-28-16-25(32(17)2)19-6-5-7-21(15-19)29-26-23-9-4-3-8-22(23)24(30-31-26)14-18-10-12-20(27)13-11-18/h3-13,15-16H,14H2,1-2H3,(H,29,31). The fourth-order valence-electron chi connectivity index (χ4n) is 3.84. The van der Waals surface area contributed by atoms with Gasteiger partial charge in [0.15, 0.2) is 5.82 Å². The van der Waals surface area contributed by atoms with E-state index in [4.69, 9.17) is 0 Å². The van der Waals surface area contributed by atoms with Crippen LogP contribution in [-0.2, 0) is 13.5 Å². The molecule has 2 heterocycles. The van der Waals surface area contributed by atoms with Crippen molar-refractivity contribution in [1.29, 1.82) is 0 Å². The second-order valence-corrected chi connectivity index (χ2v) is 7.80. The minimum Gasteiger partial charge on any atom is -0.338 e. The number of nitrogens with one attached hydrogen (secondary N) is 1. The molecule has 1 N–H and O–H groups in total. The maximum Gasteiger partial charge on any atom is 0.160 e. The third-order valence-corrected chi connectivity index (χ3v) is 5.69. The van der Waals surface area contributed by atoms with Crippen LogP contribution in [0.25, 0.3) is 22.0 Å². The molecule has 0 fully saturated rings. The summed E-state index contributed by atoms with van der Waals surface area (Å²) < 4.78 is 15.3. The fraction of sp³-hybridized carbons (Fsp3) is 0.115. The molecule has 0 bridgehead atoms. The Labute approximate surface area is 185 Å². The van der Waals surface area contributed by atoms with Crippen LogP contribution in [0, 0.1) is 12.7 Å². The molecule has 0 unspecified atom stereocenters. The van der Waals surface area contributed by atoms with E-state index in [-0.39, 0.29) is 5.82 Å². The second kappa shape index (κ2) is 8.23. The van der Waals surface area contributed by atoms with Gasteiger partial charge in [0.2, 0.25) is 0 Å². The van der Waals surface area contributed by atoms with E-state index < -0.39 is 0 Å². The number of anilines is 2. The quantitative estimate of drug-likeness (QED) is 0.387. The van der Waals surface area contributed by atoms with Crippen molar-refractivity contribution in [2.45, 2.75) is 13.3 Å². The van der Waals surface area contributed by atoms with Crippen LogP contribution in [0.3, 0.4) is 0 Å². The first kappa shape index (κ1) is 19.9. The normalized spacial score (nSPS) is 11.1. The van der Waals surface area contributed by atoms with Gasteiger partial charge >= 0.3 is 0 Å². The van der Waals surface area contributed by atoms with E-state index in [1.54, 1.807) is 12.1 Å². The van der Waals surface area contributed by atoms with Gasteiger partial charge in [0.05, 0.1) is 17.6 Å². The molecule has 0 aliphatic carbocycles. The van der Waals surface area contributed by atoms with E-state index in [2.05, 4.69) is 37.2 Å². The van der Waals surface area contributed by atoms with Crippen molar-refractivity contribution in [3.63, 3.8) is 0 Å². The van der Waals surface area contributed by atoms with Gasteiger partial charge in [0.25, 0.3) is 0 Å². The molecule has 0 radical (unpaired) electrons. The van der Waals surface area contributed by atoms with Gasteiger partial charge in [-0.1, -0.05) is 48.5 Å². The van der Waals surface area contributed by atoms with Gasteiger partial charge in [0.1, 0.15) is 11.6 Å². The highest BCUT2D eigenvalue weighted by atomic mass is 19.1. The molecule has 158 valence electrons. The number of imidazole rings is 1. The molecule has 32 heavy (non-hydrogen) atoms. The zero-order chi connectivity index (χ0) is 22.1. The molecule has 2 aromatic heterocycles. The number of hydrogen-bond donors (Lipinski definition) is 1. The molecule has 0 amide bonds. The maximum absolute atomic E-state index is 13.3. The van der Waals surface area contributed by atoms with Crippen molar-refractivity contribution in [1.82, 2.24) is 19.7 Å². The van der Waals surface area contributed by atoms with E-state index in [1.165, 1.54) is 12.1 Å². The lowest BCUT2D eigenvalue weighted by molar-refractivity contribution is 0.627. The van der Waals surface area contributed by atoms with Gasteiger partial charge in [-0.3, -0.25) is 0 Å². The summed E-state index contributed by atoms with van der Waals surface area (Å²) in [6.45, 7) is 1.99. The van der Waals surface area contributed by atoms with E-state index >= 15 is 0 Å². The molecule has 5 rings (SSSR count). The Bertz CT molecular complexity index is 1410. The van der Waals surface area contributed by atoms with Crippen LogP contribution < -0.4 is 5.32 Å². The molecule has 0 aliphatic rings. The van der Waals surface area contributed by atoms with Crippen LogP contribution in [-0.4, -0.2) is 19.7 Å². The highest BCUT2D eigenvalue weighted by Crippen LogP contribution is 2.29. The van der Waals surface area contributed by atoms with Crippen molar-refractivity contribution >= 4 is 22.3 Å². The monoisotopic (exact) mass is 423 g/mol. The van der Waals surface area contributed by atoms with Crippen molar-refractivity contribution in [2.75, 3.05) is 5.32 Å². The molecule has 0 aliphatic heterocycles. The lowest BCUT2D eigenvalue weighted by Crippen LogP contribution is -2.02. The average molecular weight is 423 g/mol. The van der Waals surface area contributed by atoms with Gasteiger partial charge in [-0.25, -0.2) is 9.37 Å². The Morgan fingerprint density at radius 3 is 2.44 bits per heavy atom. The van der Waals surface area contributed by atoms with Gasteiger partial charge in [0, 0.05) is 35.5 Å². The highest BCUT2D eigenvalue weighted by molar-refractivity contribution is 5.94. The lowest BCUT2D eigenvalue weighted by Gasteiger charge is -2.12. The first-order chi connectivity index (χ1) is 15.6. The molecular weight excluding hydrogens is 401 g/mol. The van der Waals surface area contributed by atoms with Crippen molar-refractivity contribution < 1.29 is 4.39 Å². The molecule has 6 heteroatoms. The first-order valence-corrected chi connectivity index (χ1v) is 10.4. The number of hydrogen-bond acceptors (Lipinski definition) is 4. The van der Waals surface area contributed by atoms with Gasteiger partial charge in [-0.15, -0.1) is 5.10 Å². The Balaban J connectivity index is 1.49. The summed E-state index contributed by atoms with van der Waals surface area (Å²) in [4.78, 5) is 4.40. The van der Waals surface area contributed by atoms with Crippen LogP contribution in [0.2, 0.25) is 0 Å². The molecule has 3 aromatic carbocycles. The Hall–Kier alpha value is -4.06. The molecule has 0 spiro atoms. The zero-order valence-corrected chi connectivity index (χ0v) is 17.9. The Morgan fingerprint density at radius 1 is 0.906 bits per heavy atom. The van der Waals surface area contributed by atoms with Crippen molar-refractivity contribution in [3.8, 4) is 11.3 Å². The molecule has 5 nitrogen and oxygen atoms in total.